The molecule has 1 spiro atoms. The van der Waals surface area contributed by atoms with Gasteiger partial charge >= 0.3 is 0 Å². The number of morpholine rings is 1. The minimum Gasteiger partial charge on any atom is -0.378 e. The Labute approximate surface area is 147 Å². The van der Waals surface area contributed by atoms with E-state index in [0.29, 0.717) is 17.4 Å². The molecule has 138 valence electrons. The maximum atomic E-state index is 12.6. The van der Waals surface area contributed by atoms with E-state index in [-0.39, 0.29) is 11.5 Å². The summed E-state index contributed by atoms with van der Waals surface area (Å²) in [5, 5.41) is 0. The second-order valence-electron chi connectivity index (χ2n) is 9.54. The van der Waals surface area contributed by atoms with Crippen LogP contribution in [0.5, 0.6) is 0 Å². The molecule has 1 amide bonds. The van der Waals surface area contributed by atoms with Gasteiger partial charge in [-0.2, -0.15) is 0 Å². The smallest absolute Gasteiger partial charge is 0.225 e. The number of ether oxygens (including phenoxy) is 1. The summed E-state index contributed by atoms with van der Waals surface area (Å²) in [5.74, 6) is 0.378. The first kappa shape index (κ1) is 18.2. The Hall–Kier alpha value is -0.650. The summed E-state index contributed by atoms with van der Waals surface area (Å²) >= 11 is 0. The third-order valence-electron chi connectivity index (χ3n) is 5.77. The van der Waals surface area contributed by atoms with Gasteiger partial charge in [0.05, 0.1) is 24.8 Å². The van der Waals surface area contributed by atoms with Crippen LogP contribution in [0.1, 0.15) is 41.0 Å². The molecule has 0 aromatic rings. The molecule has 3 aliphatic heterocycles. The van der Waals surface area contributed by atoms with E-state index in [1.54, 1.807) is 0 Å². The van der Waals surface area contributed by atoms with Crippen molar-refractivity contribution in [2.45, 2.75) is 52.6 Å². The molecule has 5 nitrogen and oxygen atoms in total. The predicted octanol–water partition coefficient (Wildman–Crippen LogP) is 1.68. The minimum atomic E-state index is 0.0789. The number of fused-ring (bicyclic) bond motifs is 2. The molecule has 0 aromatic carbocycles. The molecule has 0 bridgehead atoms. The van der Waals surface area contributed by atoms with Crippen molar-refractivity contribution in [1.82, 2.24) is 14.7 Å². The van der Waals surface area contributed by atoms with Gasteiger partial charge in [-0.1, -0.05) is 34.6 Å². The first-order valence-corrected chi connectivity index (χ1v) is 9.56. The van der Waals surface area contributed by atoms with Crippen LogP contribution in [-0.2, 0) is 9.53 Å². The van der Waals surface area contributed by atoms with Gasteiger partial charge < -0.3 is 9.64 Å². The molecule has 0 radical (unpaired) electrons. The summed E-state index contributed by atoms with van der Waals surface area (Å²) in [7, 11) is 0. The summed E-state index contributed by atoms with van der Waals surface area (Å²) < 4.78 is 5.72. The highest BCUT2D eigenvalue weighted by Gasteiger charge is 2.54. The second-order valence-corrected chi connectivity index (χ2v) is 9.54. The standard InChI is InChI=1S/C19H35N3O2/c1-15(2)17(23)21-10-16-11-24-9-8-22(16)19(14-21)12-20(13-19)7-6-18(3,4)5/h15-16H,6-14H2,1-5H3/t16-/m1/s1. The van der Waals surface area contributed by atoms with E-state index < -0.39 is 0 Å². The normalized spacial score (nSPS) is 28.1. The largest absolute Gasteiger partial charge is 0.378 e. The Morgan fingerprint density at radius 2 is 1.96 bits per heavy atom. The molecule has 0 N–H and O–H groups in total. The van der Waals surface area contributed by atoms with E-state index in [1.165, 1.54) is 13.0 Å². The molecule has 0 aromatic heterocycles. The van der Waals surface area contributed by atoms with Gasteiger partial charge in [-0.3, -0.25) is 14.6 Å². The SMILES string of the molecule is CC(C)C(=O)N1C[C@@H]2COCCN2C2(CN(CCC(C)(C)C)C2)C1. The summed E-state index contributed by atoms with van der Waals surface area (Å²) in [5.41, 5.74) is 0.547. The molecule has 3 heterocycles. The number of piperazine rings is 1. The maximum Gasteiger partial charge on any atom is 0.225 e. The summed E-state index contributed by atoms with van der Waals surface area (Å²) in [6.07, 6.45) is 1.23. The zero-order valence-corrected chi connectivity index (χ0v) is 16.2. The van der Waals surface area contributed by atoms with E-state index in [2.05, 4.69) is 35.5 Å². The number of hydrogen-bond donors (Lipinski definition) is 0. The van der Waals surface area contributed by atoms with Gasteiger partial charge in [-0.05, 0) is 18.4 Å². The van der Waals surface area contributed by atoms with Crippen molar-refractivity contribution in [1.29, 1.82) is 0 Å². The van der Waals surface area contributed by atoms with Crippen LogP contribution in [-0.4, -0.2) is 84.7 Å². The van der Waals surface area contributed by atoms with Gasteiger partial charge in [0.1, 0.15) is 0 Å². The molecule has 1 atom stereocenters. The predicted molar refractivity (Wildman–Crippen MR) is 96.0 cm³/mol. The van der Waals surface area contributed by atoms with Gasteiger partial charge in [-0.15, -0.1) is 0 Å². The van der Waals surface area contributed by atoms with Gasteiger partial charge in [0.15, 0.2) is 0 Å². The Bertz CT molecular complexity index is 466. The molecular formula is C19H35N3O2. The third kappa shape index (κ3) is 3.63. The van der Waals surface area contributed by atoms with Crippen LogP contribution in [0.3, 0.4) is 0 Å². The topological polar surface area (TPSA) is 36.0 Å². The van der Waals surface area contributed by atoms with Crippen LogP contribution < -0.4 is 0 Å². The van der Waals surface area contributed by atoms with E-state index in [4.69, 9.17) is 4.74 Å². The lowest BCUT2D eigenvalue weighted by molar-refractivity contribution is -0.176. The molecule has 24 heavy (non-hydrogen) atoms. The fourth-order valence-corrected chi connectivity index (χ4v) is 4.45. The Morgan fingerprint density at radius 3 is 2.58 bits per heavy atom. The quantitative estimate of drug-likeness (QED) is 0.785. The number of carbonyl (C=O) groups is 1. The number of likely N-dealkylation sites (tertiary alicyclic amines) is 1. The summed E-state index contributed by atoms with van der Waals surface area (Å²) in [4.78, 5) is 19.9. The molecule has 3 rings (SSSR count). The maximum absolute atomic E-state index is 12.6. The third-order valence-corrected chi connectivity index (χ3v) is 5.77. The zero-order valence-electron chi connectivity index (χ0n) is 16.2. The number of hydrogen-bond acceptors (Lipinski definition) is 4. The second kappa shape index (κ2) is 6.58. The van der Waals surface area contributed by atoms with Gasteiger partial charge in [0.25, 0.3) is 0 Å². The van der Waals surface area contributed by atoms with E-state index in [9.17, 15) is 4.79 Å². The fraction of sp³-hybridized carbons (Fsp3) is 0.947. The van der Waals surface area contributed by atoms with Gasteiger partial charge in [0.2, 0.25) is 5.91 Å². The van der Waals surface area contributed by atoms with Crippen molar-refractivity contribution in [2.75, 3.05) is 52.5 Å². The van der Waals surface area contributed by atoms with Crippen LogP contribution >= 0.6 is 0 Å². The first-order chi connectivity index (χ1) is 11.2. The van der Waals surface area contributed by atoms with Crippen molar-refractivity contribution in [3.8, 4) is 0 Å². The molecule has 0 unspecified atom stereocenters. The monoisotopic (exact) mass is 337 g/mol. The highest BCUT2D eigenvalue weighted by molar-refractivity contribution is 5.78. The lowest BCUT2D eigenvalue weighted by Gasteiger charge is -2.63. The number of nitrogens with zero attached hydrogens (tertiary/aromatic N) is 3. The van der Waals surface area contributed by atoms with E-state index in [0.717, 1.165) is 45.9 Å². The molecular weight excluding hydrogens is 302 g/mol. The summed E-state index contributed by atoms with van der Waals surface area (Å²) in [6, 6.07) is 0.375. The van der Waals surface area contributed by atoms with Gasteiger partial charge in [-0.25, -0.2) is 0 Å². The number of rotatable bonds is 3. The van der Waals surface area contributed by atoms with Crippen LogP contribution in [0, 0.1) is 11.3 Å². The van der Waals surface area contributed by atoms with Crippen molar-refractivity contribution in [3.05, 3.63) is 0 Å². The minimum absolute atomic E-state index is 0.0789. The molecule has 3 aliphatic rings. The number of carbonyl (C=O) groups excluding carboxylic acids is 1. The molecule has 0 saturated carbocycles. The molecule has 5 heteroatoms. The highest BCUT2D eigenvalue weighted by atomic mass is 16.5. The molecule has 3 saturated heterocycles. The molecule has 3 fully saturated rings. The number of amides is 1. The van der Waals surface area contributed by atoms with Crippen molar-refractivity contribution < 1.29 is 9.53 Å². The Morgan fingerprint density at radius 1 is 1.25 bits per heavy atom. The van der Waals surface area contributed by atoms with E-state index in [1.807, 2.05) is 13.8 Å². The van der Waals surface area contributed by atoms with Crippen LogP contribution in [0.4, 0.5) is 0 Å². The highest BCUT2D eigenvalue weighted by Crippen LogP contribution is 2.36. The first-order valence-electron chi connectivity index (χ1n) is 9.56. The van der Waals surface area contributed by atoms with Crippen LogP contribution in [0.2, 0.25) is 0 Å². The lowest BCUT2D eigenvalue weighted by Crippen LogP contribution is -2.81. The van der Waals surface area contributed by atoms with Crippen molar-refractivity contribution in [3.63, 3.8) is 0 Å². The lowest BCUT2D eigenvalue weighted by atomic mass is 9.81. The summed E-state index contributed by atoms with van der Waals surface area (Å²) in [6.45, 7) is 18.7. The average molecular weight is 338 g/mol. The van der Waals surface area contributed by atoms with Crippen LogP contribution in [0.25, 0.3) is 0 Å². The van der Waals surface area contributed by atoms with Gasteiger partial charge in [0, 0.05) is 38.6 Å². The van der Waals surface area contributed by atoms with E-state index >= 15 is 0 Å². The fourth-order valence-electron chi connectivity index (χ4n) is 4.45. The molecule has 0 aliphatic carbocycles. The Kier molecular flexibility index (Phi) is 4.98. The average Bonchev–Trinajstić information content (AvgIpc) is 2.48. The zero-order chi connectivity index (χ0) is 17.5. The van der Waals surface area contributed by atoms with Crippen LogP contribution in [0.15, 0.2) is 0 Å². The van der Waals surface area contributed by atoms with Crippen molar-refractivity contribution >= 4 is 5.91 Å². The van der Waals surface area contributed by atoms with Crippen molar-refractivity contribution in [2.24, 2.45) is 11.3 Å². The Balaban J connectivity index is 1.67.